The van der Waals surface area contributed by atoms with Crippen molar-refractivity contribution in [2.24, 2.45) is 5.73 Å². The first-order valence-electron chi connectivity index (χ1n) is 4.39. The third kappa shape index (κ3) is 2.00. The van der Waals surface area contributed by atoms with Crippen LogP contribution < -0.4 is 5.73 Å². The van der Waals surface area contributed by atoms with E-state index in [0.717, 1.165) is 11.4 Å². The Labute approximate surface area is 97.4 Å². The highest BCUT2D eigenvalue weighted by atomic mass is 35.5. The van der Waals surface area contributed by atoms with Crippen LogP contribution in [0.1, 0.15) is 5.69 Å². The maximum Gasteiger partial charge on any atom is 0.0996 e. The van der Waals surface area contributed by atoms with E-state index in [0.29, 0.717) is 16.6 Å². The fourth-order valence-electron chi connectivity index (χ4n) is 1.29. The number of nitrogens with two attached hydrogens (primary N) is 1. The van der Waals surface area contributed by atoms with E-state index in [-0.39, 0.29) is 0 Å². The van der Waals surface area contributed by atoms with E-state index in [2.05, 4.69) is 4.98 Å². The molecule has 0 amide bonds. The first-order chi connectivity index (χ1) is 7.22. The summed E-state index contributed by atoms with van der Waals surface area (Å²) in [4.78, 5) is 4.12. The Kier molecular flexibility index (Phi) is 2.95. The lowest BCUT2D eigenvalue weighted by molar-refractivity contribution is 1.01. The van der Waals surface area contributed by atoms with Crippen LogP contribution in [0, 0.1) is 0 Å². The Hall–Kier alpha value is -1.03. The number of aromatic nitrogens is 2. The van der Waals surface area contributed by atoms with Crippen molar-refractivity contribution in [1.82, 2.24) is 9.55 Å². The normalized spacial score (nSPS) is 10.6. The molecule has 0 atom stereocenters. The largest absolute Gasteiger partial charge is 0.325 e. The lowest BCUT2D eigenvalue weighted by Crippen LogP contribution is -1.96. The third-order valence-corrected chi connectivity index (χ3v) is 2.86. The molecule has 0 aliphatic heterocycles. The van der Waals surface area contributed by atoms with Crippen molar-refractivity contribution in [1.29, 1.82) is 0 Å². The summed E-state index contributed by atoms with van der Waals surface area (Å²) in [6.45, 7) is 0.408. The molecule has 0 aliphatic carbocycles. The van der Waals surface area contributed by atoms with Gasteiger partial charge in [0.2, 0.25) is 0 Å². The molecule has 0 spiro atoms. The van der Waals surface area contributed by atoms with Gasteiger partial charge in [0, 0.05) is 12.7 Å². The summed E-state index contributed by atoms with van der Waals surface area (Å²) < 4.78 is 1.80. The van der Waals surface area contributed by atoms with Crippen LogP contribution in [-0.4, -0.2) is 9.55 Å². The van der Waals surface area contributed by atoms with Crippen LogP contribution in [0.15, 0.2) is 30.7 Å². The molecular weight excluding hydrogens is 233 g/mol. The average Bonchev–Trinajstić information content (AvgIpc) is 2.70. The first kappa shape index (κ1) is 10.5. The van der Waals surface area contributed by atoms with Gasteiger partial charge in [-0.1, -0.05) is 29.3 Å². The minimum absolute atomic E-state index is 0.408. The van der Waals surface area contributed by atoms with Crippen molar-refractivity contribution in [2.75, 3.05) is 0 Å². The van der Waals surface area contributed by atoms with Gasteiger partial charge in [0.25, 0.3) is 0 Å². The van der Waals surface area contributed by atoms with Crippen LogP contribution in [0.4, 0.5) is 0 Å². The quantitative estimate of drug-likeness (QED) is 0.879. The summed E-state index contributed by atoms with van der Waals surface area (Å²) in [6, 6.07) is 5.45. The highest BCUT2D eigenvalue weighted by Crippen LogP contribution is 2.28. The molecule has 78 valence electrons. The van der Waals surface area contributed by atoms with Crippen molar-refractivity contribution in [2.45, 2.75) is 6.54 Å². The SMILES string of the molecule is NCc1cn(-c2cccc(Cl)c2Cl)cn1. The molecule has 0 saturated heterocycles. The van der Waals surface area contributed by atoms with Crippen LogP contribution in [0.3, 0.4) is 0 Å². The van der Waals surface area contributed by atoms with Gasteiger partial charge < -0.3 is 10.3 Å². The molecule has 5 heteroatoms. The van der Waals surface area contributed by atoms with Gasteiger partial charge in [-0.05, 0) is 12.1 Å². The number of imidazole rings is 1. The number of nitrogens with zero attached hydrogens (tertiary/aromatic N) is 2. The molecule has 1 heterocycles. The fourth-order valence-corrected chi connectivity index (χ4v) is 1.69. The zero-order valence-corrected chi connectivity index (χ0v) is 9.33. The predicted octanol–water partition coefficient (Wildman–Crippen LogP) is 2.64. The van der Waals surface area contributed by atoms with Crippen LogP contribution in [-0.2, 0) is 6.54 Å². The zero-order valence-electron chi connectivity index (χ0n) is 7.82. The molecule has 1 aromatic carbocycles. The van der Waals surface area contributed by atoms with Crippen LogP contribution in [0.5, 0.6) is 0 Å². The molecule has 1 aromatic heterocycles. The molecule has 0 fully saturated rings. The number of hydrogen-bond donors (Lipinski definition) is 1. The maximum absolute atomic E-state index is 6.07. The summed E-state index contributed by atoms with van der Waals surface area (Å²) in [7, 11) is 0. The summed E-state index contributed by atoms with van der Waals surface area (Å²) in [5.74, 6) is 0. The van der Waals surface area contributed by atoms with E-state index in [1.807, 2.05) is 18.3 Å². The molecule has 15 heavy (non-hydrogen) atoms. The van der Waals surface area contributed by atoms with E-state index in [1.54, 1.807) is 17.0 Å². The summed E-state index contributed by atoms with van der Waals surface area (Å²) in [5, 5.41) is 1.04. The van der Waals surface area contributed by atoms with Crippen molar-refractivity contribution in [3.63, 3.8) is 0 Å². The summed E-state index contributed by atoms with van der Waals surface area (Å²) >= 11 is 12.0. The molecule has 2 rings (SSSR count). The lowest BCUT2D eigenvalue weighted by Gasteiger charge is -2.05. The van der Waals surface area contributed by atoms with E-state index in [9.17, 15) is 0 Å². The Morgan fingerprint density at radius 3 is 2.80 bits per heavy atom. The molecule has 0 unspecified atom stereocenters. The van der Waals surface area contributed by atoms with Gasteiger partial charge in [0.05, 0.1) is 27.8 Å². The van der Waals surface area contributed by atoms with Crippen molar-refractivity contribution in [3.05, 3.63) is 46.5 Å². The van der Waals surface area contributed by atoms with Gasteiger partial charge in [-0.25, -0.2) is 4.98 Å². The van der Waals surface area contributed by atoms with Crippen molar-refractivity contribution < 1.29 is 0 Å². The first-order valence-corrected chi connectivity index (χ1v) is 5.15. The van der Waals surface area contributed by atoms with Gasteiger partial charge in [-0.15, -0.1) is 0 Å². The Morgan fingerprint density at radius 2 is 2.13 bits per heavy atom. The molecule has 2 aromatic rings. The smallest absolute Gasteiger partial charge is 0.0996 e. The molecular formula is C10H9Cl2N3. The van der Waals surface area contributed by atoms with Gasteiger partial charge in [-0.2, -0.15) is 0 Å². The summed E-state index contributed by atoms with van der Waals surface area (Å²) in [5.41, 5.74) is 7.09. The van der Waals surface area contributed by atoms with Gasteiger partial charge in [0.1, 0.15) is 0 Å². The molecule has 0 bridgehead atoms. The van der Waals surface area contributed by atoms with Crippen molar-refractivity contribution in [3.8, 4) is 5.69 Å². The van der Waals surface area contributed by atoms with Gasteiger partial charge >= 0.3 is 0 Å². The Bertz CT molecular complexity index is 479. The Balaban J connectivity index is 2.49. The number of halogens is 2. The van der Waals surface area contributed by atoms with Crippen LogP contribution in [0.25, 0.3) is 5.69 Å². The lowest BCUT2D eigenvalue weighted by atomic mass is 10.3. The van der Waals surface area contributed by atoms with E-state index >= 15 is 0 Å². The van der Waals surface area contributed by atoms with E-state index < -0.39 is 0 Å². The molecule has 3 nitrogen and oxygen atoms in total. The van der Waals surface area contributed by atoms with E-state index in [1.165, 1.54) is 0 Å². The topological polar surface area (TPSA) is 43.8 Å². The molecule has 0 radical (unpaired) electrons. The Morgan fingerprint density at radius 1 is 1.33 bits per heavy atom. The van der Waals surface area contributed by atoms with Crippen molar-refractivity contribution >= 4 is 23.2 Å². The van der Waals surface area contributed by atoms with Gasteiger partial charge in [-0.3, -0.25) is 0 Å². The summed E-state index contributed by atoms with van der Waals surface area (Å²) in [6.07, 6.45) is 3.50. The van der Waals surface area contributed by atoms with Gasteiger partial charge in [0.15, 0.2) is 0 Å². The average molecular weight is 242 g/mol. The maximum atomic E-state index is 6.07. The van der Waals surface area contributed by atoms with Crippen LogP contribution in [0.2, 0.25) is 10.0 Å². The fraction of sp³-hybridized carbons (Fsp3) is 0.100. The second-order valence-corrected chi connectivity index (χ2v) is 3.83. The minimum Gasteiger partial charge on any atom is -0.325 e. The van der Waals surface area contributed by atoms with E-state index in [4.69, 9.17) is 28.9 Å². The van der Waals surface area contributed by atoms with Crippen LogP contribution >= 0.6 is 23.2 Å². The molecule has 0 saturated carbocycles. The molecule has 2 N–H and O–H groups in total. The molecule has 0 aliphatic rings. The number of rotatable bonds is 2. The minimum atomic E-state index is 0.408. The highest BCUT2D eigenvalue weighted by molar-refractivity contribution is 6.43. The predicted molar refractivity (Wildman–Crippen MR) is 61.5 cm³/mol. The monoisotopic (exact) mass is 241 g/mol. The standard InChI is InChI=1S/C10H9Cl2N3/c11-8-2-1-3-9(10(8)12)15-5-7(4-13)14-6-15/h1-3,5-6H,4,13H2. The third-order valence-electron chi connectivity index (χ3n) is 2.05. The zero-order chi connectivity index (χ0) is 10.8. The second-order valence-electron chi connectivity index (χ2n) is 3.05. The highest BCUT2D eigenvalue weighted by Gasteiger charge is 2.06. The second kappa shape index (κ2) is 4.23. The number of hydrogen-bond acceptors (Lipinski definition) is 2. The number of benzene rings is 1.